The van der Waals surface area contributed by atoms with E-state index < -0.39 is 33.2 Å². The van der Waals surface area contributed by atoms with Crippen LogP contribution < -0.4 is 4.89 Å². The number of quaternary nitrogens is 1. The van der Waals surface area contributed by atoms with Gasteiger partial charge in [-0.05, 0) is 6.42 Å². The highest BCUT2D eigenvalue weighted by atomic mass is 31.2. The van der Waals surface area contributed by atoms with Gasteiger partial charge < -0.3 is 23.5 Å². The van der Waals surface area contributed by atoms with Crippen molar-refractivity contribution < 1.29 is 43.0 Å². The Morgan fingerprint density at radius 1 is 0.775 bits per heavy atom. The number of hydrogen-bond acceptors (Lipinski definition) is 8. The van der Waals surface area contributed by atoms with Crippen molar-refractivity contribution >= 4 is 13.6 Å². The van der Waals surface area contributed by atoms with E-state index in [1.165, 1.54) is 96.3 Å². The smallest absolute Gasteiger partial charge is 0.268 e. The standard InChI is InChI=1S/C30H62NO8P/c1-5-6-7-8-9-10-11-12-13-14-15-16-17-18-19-20-21-22-23-24-29(33)30(25-31(2,3)4)39-40(35,36)37-27-28(26-32)38-34/h28,30,32H,5-27H2,1-4H3,(H-,34,35,36)/t28-,30?/m1/s1. The van der Waals surface area contributed by atoms with Gasteiger partial charge >= 0.3 is 0 Å². The van der Waals surface area contributed by atoms with E-state index in [-0.39, 0.29) is 18.7 Å². The van der Waals surface area contributed by atoms with E-state index >= 15 is 0 Å². The van der Waals surface area contributed by atoms with Crippen LogP contribution in [0.2, 0.25) is 0 Å². The maximum Gasteiger partial charge on any atom is 0.268 e. The molecule has 3 atom stereocenters. The topological polar surface area (TPSA) is 125 Å². The molecule has 0 bridgehead atoms. The molecule has 0 fully saturated rings. The van der Waals surface area contributed by atoms with Gasteiger partial charge in [-0.15, -0.1) is 0 Å². The normalized spacial score (nSPS) is 15.2. The summed E-state index contributed by atoms with van der Waals surface area (Å²) < 4.78 is 22.4. The molecule has 0 rings (SSSR count). The molecule has 2 N–H and O–H groups in total. The molecule has 0 aromatic carbocycles. The number of phosphoric acid groups is 1. The Morgan fingerprint density at radius 2 is 1.18 bits per heavy atom. The molecule has 0 amide bonds. The van der Waals surface area contributed by atoms with Crippen molar-refractivity contribution in [2.45, 2.75) is 148 Å². The van der Waals surface area contributed by atoms with Gasteiger partial charge in [-0.2, -0.15) is 0 Å². The summed E-state index contributed by atoms with van der Waals surface area (Å²) in [5.74, 6) is -0.267. The molecule has 0 radical (unpaired) electrons. The summed E-state index contributed by atoms with van der Waals surface area (Å²) in [7, 11) is 0.707. The predicted octanol–water partition coefficient (Wildman–Crippen LogP) is 6.80. The molecule has 0 aromatic heterocycles. The summed E-state index contributed by atoms with van der Waals surface area (Å²) in [5, 5.41) is 17.6. The van der Waals surface area contributed by atoms with Crippen molar-refractivity contribution in [2.24, 2.45) is 0 Å². The van der Waals surface area contributed by atoms with Crippen molar-refractivity contribution in [3.63, 3.8) is 0 Å². The highest BCUT2D eigenvalue weighted by molar-refractivity contribution is 7.45. The summed E-state index contributed by atoms with van der Waals surface area (Å²) in [5.41, 5.74) is 0. The van der Waals surface area contributed by atoms with Gasteiger partial charge in [0.25, 0.3) is 7.82 Å². The number of aliphatic hydroxyl groups excluding tert-OH is 1. The Morgan fingerprint density at radius 3 is 1.52 bits per heavy atom. The first kappa shape index (κ1) is 39.6. The minimum absolute atomic E-state index is 0.174. The molecule has 0 aliphatic heterocycles. The molecular formula is C30H62NO8P. The van der Waals surface area contributed by atoms with Gasteiger partial charge in [-0.1, -0.05) is 122 Å². The number of Topliss-reactive ketones (excluding diaryl/α,β-unsaturated/α-hetero) is 1. The molecule has 9 nitrogen and oxygen atoms in total. The summed E-state index contributed by atoms with van der Waals surface area (Å²) in [6, 6.07) is 0. The minimum atomic E-state index is -4.83. The molecule has 0 aliphatic rings. The van der Waals surface area contributed by atoms with E-state index in [4.69, 9.17) is 14.9 Å². The second-order valence-corrected chi connectivity index (χ2v) is 13.7. The van der Waals surface area contributed by atoms with E-state index in [1.54, 1.807) is 0 Å². The van der Waals surface area contributed by atoms with Crippen LogP contribution in [0.1, 0.15) is 135 Å². The van der Waals surface area contributed by atoms with Crippen molar-refractivity contribution in [3.05, 3.63) is 0 Å². The highest BCUT2D eigenvalue weighted by Gasteiger charge is 2.30. The summed E-state index contributed by atoms with van der Waals surface area (Å²) in [6.45, 7) is 1.20. The summed E-state index contributed by atoms with van der Waals surface area (Å²) in [4.78, 5) is 28.9. The van der Waals surface area contributed by atoms with Crippen LogP contribution in [0.5, 0.6) is 0 Å². The number of carbonyl (C=O) groups excluding carboxylic acids is 1. The second kappa shape index (κ2) is 25.1. The van der Waals surface area contributed by atoms with Crippen LogP contribution in [0.3, 0.4) is 0 Å². The average molecular weight is 596 g/mol. The SMILES string of the molecule is CCCCCCCCCCCCCCCCCCCCCC(=O)C(C[N+](C)(C)C)OP(=O)([O-])OC[C@@H](CO)OO. The van der Waals surface area contributed by atoms with E-state index in [1.807, 2.05) is 21.1 Å². The number of likely N-dealkylation sites (N-methyl/N-ethyl adjacent to an activating group) is 1. The largest absolute Gasteiger partial charge is 0.756 e. The van der Waals surface area contributed by atoms with Crippen LogP contribution >= 0.6 is 7.82 Å². The van der Waals surface area contributed by atoms with Gasteiger partial charge in [-0.3, -0.25) is 14.6 Å². The first-order valence-corrected chi connectivity index (χ1v) is 17.4. The predicted molar refractivity (Wildman–Crippen MR) is 159 cm³/mol. The number of carbonyl (C=O) groups is 1. The number of hydrogen-bond donors (Lipinski definition) is 2. The number of ketones is 1. The fourth-order valence-electron chi connectivity index (χ4n) is 4.71. The molecule has 0 saturated carbocycles. The van der Waals surface area contributed by atoms with Crippen LogP contribution in [0.25, 0.3) is 0 Å². The first-order valence-electron chi connectivity index (χ1n) is 15.9. The third-order valence-electron chi connectivity index (χ3n) is 7.13. The second-order valence-electron chi connectivity index (χ2n) is 12.3. The Hall–Kier alpha value is -0.380. The van der Waals surface area contributed by atoms with Gasteiger partial charge in [0.2, 0.25) is 0 Å². The fraction of sp³-hybridized carbons (Fsp3) is 0.967. The number of phosphoric ester groups is 1. The molecule has 0 aliphatic carbocycles. The molecule has 2 unspecified atom stereocenters. The molecule has 0 saturated heterocycles. The van der Waals surface area contributed by atoms with Crippen molar-refractivity contribution in [3.8, 4) is 0 Å². The molecule has 0 aromatic rings. The van der Waals surface area contributed by atoms with Crippen molar-refractivity contribution in [2.75, 3.05) is 40.9 Å². The van der Waals surface area contributed by atoms with Gasteiger partial charge in [-0.25, -0.2) is 4.89 Å². The van der Waals surface area contributed by atoms with E-state index in [0.29, 0.717) is 10.9 Å². The van der Waals surface area contributed by atoms with Gasteiger partial charge in [0, 0.05) is 6.42 Å². The zero-order valence-electron chi connectivity index (χ0n) is 26.2. The van der Waals surface area contributed by atoms with Crippen LogP contribution in [-0.2, 0) is 23.3 Å². The lowest BCUT2D eigenvalue weighted by Gasteiger charge is -2.32. The Bertz CT molecular complexity index is 640. The van der Waals surface area contributed by atoms with Crippen molar-refractivity contribution in [1.29, 1.82) is 0 Å². The molecule has 240 valence electrons. The quantitative estimate of drug-likeness (QED) is 0.0305. The Kier molecular flexibility index (Phi) is 24.9. The molecule has 0 spiro atoms. The molecule has 40 heavy (non-hydrogen) atoms. The zero-order valence-corrected chi connectivity index (χ0v) is 27.1. The monoisotopic (exact) mass is 595 g/mol. The van der Waals surface area contributed by atoms with Crippen LogP contribution in [0.4, 0.5) is 0 Å². The number of aliphatic hydroxyl groups is 1. The van der Waals surface area contributed by atoms with Gasteiger partial charge in [0.1, 0.15) is 12.6 Å². The fourth-order valence-corrected chi connectivity index (χ4v) is 5.61. The first-order chi connectivity index (χ1) is 19.0. The lowest BCUT2D eigenvalue weighted by molar-refractivity contribution is -0.872. The van der Waals surface area contributed by atoms with Crippen LogP contribution in [-0.4, -0.2) is 73.7 Å². The van der Waals surface area contributed by atoms with E-state index in [2.05, 4.69) is 16.3 Å². The minimum Gasteiger partial charge on any atom is -0.756 e. The molecule has 0 heterocycles. The molecule has 10 heteroatoms. The van der Waals surface area contributed by atoms with Crippen molar-refractivity contribution in [1.82, 2.24) is 0 Å². The number of nitrogens with zero attached hydrogens (tertiary/aromatic N) is 1. The number of unbranched alkanes of at least 4 members (excludes halogenated alkanes) is 18. The lowest BCUT2D eigenvalue weighted by Crippen LogP contribution is -2.45. The zero-order chi connectivity index (χ0) is 30.1. The van der Waals surface area contributed by atoms with Crippen LogP contribution in [0, 0.1) is 0 Å². The Labute approximate surface area is 245 Å². The summed E-state index contributed by atoms with van der Waals surface area (Å²) in [6.07, 6.45) is 22.2. The number of rotatable bonds is 30. The third kappa shape index (κ3) is 25.3. The maximum atomic E-state index is 12.8. The van der Waals surface area contributed by atoms with Gasteiger partial charge in [0.15, 0.2) is 11.9 Å². The van der Waals surface area contributed by atoms with E-state index in [0.717, 1.165) is 19.3 Å². The maximum absolute atomic E-state index is 12.8. The lowest BCUT2D eigenvalue weighted by atomic mass is 10.0. The Balaban J connectivity index is 3.92. The average Bonchev–Trinajstić information content (AvgIpc) is 2.89. The van der Waals surface area contributed by atoms with Gasteiger partial charge in [0.05, 0.1) is 34.4 Å². The molecular weight excluding hydrogens is 533 g/mol. The highest BCUT2D eigenvalue weighted by Crippen LogP contribution is 2.40. The van der Waals surface area contributed by atoms with E-state index in [9.17, 15) is 14.3 Å². The third-order valence-corrected chi connectivity index (χ3v) is 8.10. The van der Waals surface area contributed by atoms with Crippen LogP contribution in [0.15, 0.2) is 0 Å². The summed E-state index contributed by atoms with van der Waals surface area (Å²) >= 11 is 0.